The van der Waals surface area contributed by atoms with Crippen LogP contribution >= 0.6 is 0 Å². The van der Waals surface area contributed by atoms with E-state index in [-0.39, 0.29) is 0 Å². The lowest BCUT2D eigenvalue weighted by Gasteiger charge is -2.29. The molecule has 114 valence electrons. The number of benzene rings is 1. The summed E-state index contributed by atoms with van der Waals surface area (Å²) in [5.74, 6) is 1.54. The van der Waals surface area contributed by atoms with Gasteiger partial charge in [-0.1, -0.05) is 42.5 Å². The van der Waals surface area contributed by atoms with Crippen LogP contribution in [-0.4, -0.2) is 0 Å². The molecule has 2 nitrogen and oxygen atoms in total. The monoisotopic (exact) mass is 301 g/mol. The van der Waals surface area contributed by atoms with E-state index in [1.807, 2.05) is 0 Å². The second-order valence-corrected chi connectivity index (χ2v) is 6.29. The van der Waals surface area contributed by atoms with Gasteiger partial charge in [0.15, 0.2) is 0 Å². The molecule has 0 saturated heterocycles. The van der Waals surface area contributed by atoms with Crippen molar-refractivity contribution in [3.63, 3.8) is 0 Å². The number of aryl methyl sites for hydroxylation is 1. The second kappa shape index (κ2) is 5.24. The van der Waals surface area contributed by atoms with Gasteiger partial charge in [0, 0.05) is 17.5 Å². The van der Waals surface area contributed by atoms with Gasteiger partial charge in [-0.3, -0.25) is 0 Å². The highest BCUT2D eigenvalue weighted by molar-refractivity contribution is 5.75. The molecule has 2 bridgehead atoms. The fourth-order valence-corrected chi connectivity index (χ4v) is 3.46. The maximum absolute atomic E-state index is 2.39. The summed E-state index contributed by atoms with van der Waals surface area (Å²) in [6.07, 6.45) is 9.05. The molecule has 1 aromatic heterocycles. The van der Waals surface area contributed by atoms with E-state index in [9.17, 15) is 0 Å². The van der Waals surface area contributed by atoms with Crippen molar-refractivity contribution in [1.29, 1.82) is 0 Å². The fourth-order valence-electron chi connectivity index (χ4n) is 3.46. The summed E-state index contributed by atoms with van der Waals surface area (Å²) in [5, 5.41) is 0. The fraction of sp³-hybridized carbons (Fsp3) is 0.190. The zero-order valence-corrected chi connectivity index (χ0v) is 13.8. The first-order valence-electron chi connectivity index (χ1n) is 8.09. The van der Waals surface area contributed by atoms with Gasteiger partial charge in [0.05, 0.1) is 7.05 Å². The predicted octanol–water partition coefficient (Wildman–Crippen LogP) is 4.45. The Morgan fingerprint density at radius 1 is 1.00 bits per heavy atom. The quantitative estimate of drug-likeness (QED) is 0.706. The van der Waals surface area contributed by atoms with Gasteiger partial charge in [-0.05, 0) is 37.6 Å². The van der Waals surface area contributed by atoms with Crippen LogP contribution in [0.25, 0.3) is 0 Å². The number of anilines is 2. The van der Waals surface area contributed by atoms with E-state index in [4.69, 9.17) is 0 Å². The molecule has 23 heavy (non-hydrogen) atoms. The number of aromatic nitrogens is 1. The standard InChI is InChI=1S/C21H21N2/c1-15-8-6-10-17-14-20(15)23(19-12-5-4-11-18(17)19)21-13-7-9-16(2)22(21)3/h4-14,17H,1-3H3/q+1. The molecule has 0 radical (unpaired) electrons. The van der Waals surface area contributed by atoms with Crippen molar-refractivity contribution in [2.45, 2.75) is 19.8 Å². The first-order chi connectivity index (χ1) is 11.2. The maximum Gasteiger partial charge on any atom is 0.286 e. The molecule has 1 aromatic carbocycles. The Morgan fingerprint density at radius 3 is 2.70 bits per heavy atom. The van der Waals surface area contributed by atoms with Crippen LogP contribution in [0.1, 0.15) is 24.1 Å². The average Bonchev–Trinajstić information content (AvgIpc) is 2.72. The Kier molecular flexibility index (Phi) is 3.19. The maximum atomic E-state index is 2.39. The van der Waals surface area contributed by atoms with Crippen molar-refractivity contribution in [2.24, 2.45) is 7.05 Å². The van der Waals surface area contributed by atoms with Gasteiger partial charge in [-0.2, -0.15) is 4.90 Å². The molecule has 2 heteroatoms. The number of hydrogen-bond donors (Lipinski definition) is 0. The van der Waals surface area contributed by atoms with Gasteiger partial charge in [-0.25, -0.2) is 4.57 Å². The van der Waals surface area contributed by atoms with Gasteiger partial charge < -0.3 is 0 Å². The Hall–Kier alpha value is -2.61. The number of rotatable bonds is 1. The highest BCUT2D eigenvalue weighted by Crippen LogP contribution is 2.43. The van der Waals surface area contributed by atoms with E-state index in [1.54, 1.807) is 0 Å². The number of nitrogens with zero attached hydrogens (tertiary/aromatic N) is 2. The van der Waals surface area contributed by atoms with Crippen molar-refractivity contribution in [3.05, 3.63) is 89.3 Å². The molecule has 1 atom stereocenters. The summed E-state index contributed by atoms with van der Waals surface area (Å²) in [7, 11) is 2.13. The molecule has 2 aromatic rings. The van der Waals surface area contributed by atoms with Gasteiger partial charge in [-0.15, -0.1) is 0 Å². The second-order valence-electron chi connectivity index (χ2n) is 6.29. The molecule has 0 N–H and O–H groups in total. The van der Waals surface area contributed by atoms with Crippen LogP contribution in [0.3, 0.4) is 0 Å². The summed E-state index contributed by atoms with van der Waals surface area (Å²) in [4.78, 5) is 2.39. The smallest absolute Gasteiger partial charge is 0.234 e. The first-order valence-corrected chi connectivity index (χ1v) is 8.09. The molecule has 1 unspecified atom stereocenters. The zero-order chi connectivity index (χ0) is 16.0. The Balaban J connectivity index is 2.00. The molecule has 0 saturated carbocycles. The molecule has 0 spiro atoms. The Morgan fingerprint density at radius 2 is 1.83 bits per heavy atom. The van der Waals surface area contributed by atoms with Crippen molar-refractivity contribution in [1.82, 2.24) is 0 Å². The lowest BCUT2D eigenvalue weighted by molar-refractivity contribution is -0.664. The van der Waals surface area contributed by atoms with Crippen molar-refractivity contribution in [3.8, 4) is 0 Å². The first kappa shape index (κ1) is 14.0. The van der Waals surface area contributed by atoms with E-state index < -0.39 is 0 Å². The molecule has 1 aliphatic carbocycles. The van der Waals surface area contributed by atoms with E-state index >= 15 is 0 Å². The van der Waals surface area contributed by atoms with Gasteiger partial charge in [0.2, 0.25) is 0 Å². The Bertz CT molecular complexity index is 871. The van der Waals surface area contributed by atoms with E-state index in [0.29, 0.717) is 5.92 Å². The number of fused-ring (bicyclic) bond motifs is 3. The van der Waals surface area contributed by atoms with E-state index in [1.165, 1.54) is 34.0 Å². The topological polar surface area (TPSA) is 7.12 Å². The summed E-state index contributed by atoms with van der Waals surface area (Å²) >= 11 is 0. The molecule has 4 rings (SSSR count). The predicted molar refractivity (Wildman–Crippen MR) is 94.7 cm³/mol. The molecule has 2 aliphatic rings. The largest absolute Gasteiger partial charge is 0.286 e. The van der Waals surface area contributed by atoms with Crippen LogP contribution in [0, 0.1) is 6.92 Å². The Labute approximate surface area is 137 Å². The highest BCUT2D eigenvalue weighted by Gasteiger charge is 2.35. The third-order valence-corrected chi connectivity index (χ3v) is 4.87. The molecular weight excluding hydrogens is 280 g/mol. The van der Waals surface area contributed by atoms with Crippen LogP contribution in [-0.2, 0) is 7.05 Å². The zero-order valence-electron chi connectivity index (χ0n) is 13.8. The van der Waals surface area contributed by atoms with Crippen LogP contribution in [0.4, 0.5) is 11.5 Å². The SMILES string of the molecule is CC1=CC=CC2C=C1N(c1cccc(C)[n+]1C)c1ccccc12. The lowest BCUT2D eigenvalue weighted by atomic mass is 9.91. The van der Waals surface area contributed by atoms with E-state index in [2.05, 4.69) is 97.1 Å². The van der Waals surface area contributed by atoms with Crippen LogP contribution < -0.4 is 9.47 Å². The summed E-state index contributed by atoms with van der Waals surface area (Å²) in [6.45, 7) is 4.34. The lowest BCUT2D eigenvalue weighted by Crippen LogP contribution is -2.40. The minimum absolute atomic E-state index is 0.348. The minimum atomic E-state index is 0.348. The number of pyridine rings is 1. The number of hydrogen-bond acceptors (Lipinski definition) is 1. The molecule has 0 fully saturated rings. The van der Waals surface area contributed by atoms with Gasteiger partial charge in [0.25, 0.3) is 5.82 Å². The molecule has 2 heterocycles. The number of para-hydroxylation sites is 1. The molecular formula is C21H21N2+. The highest BCUT2D eigenvalue weighted by atomic mass is 15.2. The van der Waals surface area contributed by atoms with Gasteiger partial charge in [0.1, 0.15) is 17.1 Å². The van der Waals surface area contributed by atoms with Crippen molar-refractivity contribution >= 4 is 11.5 Å². The van der Waals surface area contributed by atoms with Crippen molar-refractivity contribution < 1.29 is 4.57 Å². The minimum Gasteiger partial charge on any atom is -0.234 e. The normalized spacial score (nSPS) is 18.9. The van der Waals surface area contributed by atoms with Gasteiger partial charge >= 0.3 is 0 Å². The molecule has 1 aliphatic heterocycles. The van der Waals surface area contributed by atoms with Crippen LogP contribution in [0.15, 0.2) is 78.0 Å². The van der Waals surface area contributed by atoms with Crippen LogP contribution in [0.2, 0.25) is 0 Å². The summed E-state index contributed by atoms with van der Waals surface area (Å²) < 4.78 is 2.25. The third kappa shape index (κ3) is 2.14. The number of allylic oxidation sites excluding steroid dienone is 5. The average molecular weight is 301 g/mol. The third-order valence-electron chi connectivity index (χ3n) is 4.87. The van der Waals surface area contributed by atoms with Crippen molar-refractivity contribution in [2.75, 3.05) is 4.90 Å². The summed E-state index contributed by atoms with van der Waals surface area (Å²) in [6, 6.07) is 15.2. The summed E-state index contributed by atoms with van der Waals surface area (Å²) in [5.41, 5.74) is 6.45. The van der Waals surface area contributed by atoms with Crippen LogP contribution in [0.5, 0.6) is 0 Å². The molecule has 0 amide bonds. The van der Waals surface area contributed by atoms with E-state index in [0.717, 1.165) is 0 Å².